The van der Waals surface area contributed by atoms with Crippen LogP contribution < -0.4 is 15.2 Å². The molecule has 3 nitrogen and oxygen atoms in total. The number of halogens is 1. The van der Waals surface area contributed by atoms with E-state index in [9.17, 15) is 0 Å². The minimum absolute atomic E-state index is 0.346. The highest BCUT2D eigenvalue weighted by atomic mass is 35.5. The van der Waals surface area contributed by atoms with Crippen molar-refractivity contribution in [3.8, 4) is 11.5 Å². The van der Waals surface area contributed by atoms with Crippen LogP contribution in [0.15, 0.2) is 6.07 Å². The van der Waals surface area contributed by atoms with E-state index in [0.29, 0.717) is 42.4 Å². The summed E-state index contributed by atoms with van der Waals surface area (Å²) < 4.78 is 11.3. The molecule has 2 rings (SSSR count). The zero-order valence-corrected chi connectivity index (χ0v) is 12.6. The summed E-state index contributed by atoms with van der Waals surface area (Å²) in [6.45, 7) is 8.29. The van der Waals surface area contributed by atoms with E-state index in [-0.39, 0.29) is 0 Å². The zero-order chi connectivity index (χ0) is 14.0. The molecule has 19 heavy (non-hydrogen) atoms. The molecule has 1 aromatic rings. The molecule has 0 spiro atoms. The van der Waals surface area contributed by atoms with Crippen molar-refractivity contribution in [2.45, 2.75) is 39.0 Å². The summed E-state index contributed by atoms with van der Waals surface area (Å²) in [7, 11) is 0. The van der Waals surface area contributed by atoms with Crippen LogP contribution in [0.1, 0.15) is 50.2 Å². The number of hydrogen-bond acceptors (Lipinski definition) is 3. The van der Waals surface area contributed by atoms with Crippen molar-refractivity contribution in [2.75, 3.05) is 19.8 Å². The number of rotatable bonds is 4. The van der Waals surface area contributed by atoms with Gasteiger partial charge in [0.25, 0.3) is 0 Å². The Morgan fingerprint density at radius 3 is 2.58 bits per heavy atom. The summed E-state index contributed by atoms with van der Waals surface area (Å²) >= 11 is 6.53. The molecule has 2 N–H and O–H groups in total. The van der Waals surface area contributed by atoms with E-state index in [2.05, 4.69) is 26.8 Å². The lowest BCUT2D eigenvalue weighted by molar-refractivity contribution is 0.171. The van der Waals surface area contributed by atoms with Gasteiger partial charge in [-0.05, 0) is 42.0 Å². The number of fused-ring (bicyclic) bond motifs is 1. The lowest BCUT2D eigenvalue weighted by atomic mass is 9.87. The minimum atomic E-state index is 0.346. The highest BCUT2D eigenvalue weighted by Gasteiger charge is 2.25. The molecule has 1 aliphatic rings. The second-order valence-electron chi connectivity index (χ2n) is 5.35. The van der Waals surface area contributed by atoms with Gasteiger partial charge in [-0.1, -0.05) is 32.4 Å². The van der Waals surface area contributed by atoms with E-state index in [4.69, 9.17) is 26.8 Å². The summed E-state index contributed by atoms with van der Waals surface area (Å²) in [5.74, 6) is 2.18. The van der Waals surface area contributed by atoms with E-state index in [1.807, 2.05) is 0 Å². The van der Waals surface area contributed by atoms with Crippen molar-refractivity contribution >= 4 is 11.6 Å². The molecule has 0 bridgehead atoms. The first-order valence-electron chi connectivity index (χ1n) is 6.88. The average molecular weight is 284 g/mol. The number of hydrogen-bond donors (Lipinski definition) is 1. The van der Waals surface area contributed by atoms with Crippen LogP contribution in [-0.4, -0.2) is 19.8 Å². The summed E-state index contributed by atoms with van der Waals surface area (Å²) in [5, 5.41) is 0.700. The van der Waals surface area contributed by atoms with Crippen LogP contribution in [0.2, 0.25) is 5.02 Å². The lowest BCUT2D eigenvalue weighted by Gasteiger charge is -2.26. The van der Waals surface area contributed by atoms with Crippen molar-refractivity contribution < 1.29 is 9.47 Å². The van der Waals surface area contributed by atoms with Crippen molar-refractivity contribution in [3.05, 3.63) is 22.2 Å². The van der Waals surface area contributed by atoms with Crippen molar-refractivity contribution in [1.82, 2.24) is 0 Å². The van der Waals surface area contributed by atoms with Crippen LogP contribution >= 0.6 is 11.6 Å². The standard InChI is InChI=1S/C15H22ClNO2/c1-9(2)13-11(10(3)4-5-17)8-12-15(14(13)16)19-7-6-18-12/h8-10H,4-7,17H2,1-3H3. The molecule has 106 valence electrons. The third kappa shape index (κ3) is 2.82. The Hall–Kier alpha value is -0.930. The fourth-order valence-corrected chi connectivity index (χ4v) is 3.05. The van der Waals surface area contributed by atoms with E-state index in [1.54, 1.807) is 0 Å². The van der Waals surface area contributed by atoms with Crippen LogP contribution in [0.5, 0.6) is 11.5 Å². The summed E-state index contributed by atoms with van der Waals surface area (Å²) in [4.78, 5) is 0. The molecule has 0 fully saturated rings. The fraction of sp³-hybridized carbons (Fsp3) is 0.600. The van der Waals surface area contributed by atoms with Gasteiger partial charge >= 0.3 is 0 Å². The fourth-order valence-electron chi connectivity index (χ4n) is 2.58. The SMILES string of the molecule is CC(C)c1c(C(C)CCN)cc2c(c1Cl)OCCO2. The van der Waals surface area contributed by atoms with Crippen molar-refractivity contribution in [2.24, 2.45) is 5.73 Å². The predicted molar refractivity (Wildman–Crippen MR) is 78.6 cm³/mol. The molecule has 0 aromatic heterocycles. The van der Waals surface area contributed by atoms with Crippen LogP contribution in [0, 0.1) is 0 Å². The van der Waals surface area contributed by atoms with Gasteiger partial charge in [-0.25, -0.2) is 0 Å². The lowest BCUT2D eigenvalue weighted by Crippen LogP contribution is -2.17. The first-order chi connectivity index (χ1) is 9.06. The Kier molecular flexibility index (Phi) is 4.58. The number of ether oxygens (including phenoxy) is 2. The molecule has 1 atom stereocenters. The zero-order valence-electron chi connectivity index (χ0n) is 11.8. The maximum absolute atomic E-state index is 6.53. The Morgan fingerprint density at radius 2 is 1.95 bits per heavy atom. The number of benzene rings is 1. The van der Waals surface area contributed by atoms with E-state index in [1.165, 1.54) is 5.56 Å². The number of nitrogens with two attached hydrogens (primary N) is 1. The molecule has 1 aromatic carbocycles. The molecular weight excluding hydrogens is 262 g/mol. The van der Waals surface area contributed by atoms with Gasteiger partial charge in [0.15, 0.2) is 11.5 Å². The Balaban J connectivity index is 2.54. The van der Waals surface area contributed by atoms with Gasteiger partial charge in [0.2, 0.25) is 0 Å². The summed E-state index contributed by atoms with van der Waals surface area (Å²) in [6, 6.07) is 2.08. The smallest absolute Gasteiger partial charge is 0.180 e. The van der Waals surface area contributed by atoms with Crippen molar-refractivity contribution in [3.63, 3.8) is 0 Å². The first kappa shape index (κ1) is 14.5. The Bertz CT molecular complexity index is 460. The maximum atomic E-state index is 6.53. The molecule has 1 heterocycles. The van der Waals surface area contributed by atoms with Crippen LogP contribution in [0.3, 0.4) is 0 Å². The predicted octanol–water partition coefficient (Wildman–Crippen LogP) is 3.69. The van der Waals surface area contributed by atoms with Gasteiger partial charge < -0.3 is 15.2 Å². The molecule has 4 heteroatoms. The molecule has 1 aliphatic heterocycles. The van der Waals surface area contributed by atoms with Gasteiger partial charge in [0.05, 0.1) is 5.02 Å². The minimum Gasteiger partial charge on any atom is -0.486 e. The molecular formula is C15H22ClNO2. The quantitative estimate of drug-likeness (QED) is 0.917. The highest BCUT2D eigenvalue weighted by molar-refractivity contribution is 6.33. The monoisotopic (exact) mass is 283 g/mol. The molecule has 0 saturated heterocycles. The van der Waals surface area contributed by atoms with Crippen LogP contribution in [0.4, 0.5) is 0 Å². The third-order valence-electron chi connectivity index (χ3n) is 3.55. The molecule has 0 radical (unpaired) electrons. The maximum Gasteiger partial charge on any atom is 0.180 e. The Morgan fingerprint density at radius 1 is 1.26 bits per heavy atom. The normalized spacial score (nSPS) is 15.7. The Labute approximate surface area is 120 Å². The van der Waals surface area contributed by atoms with E-state index >= 15 is 0 Å². The highest BCUT2D eigenvalue weighted by Crippen LogP contribution is 2.46. The first-order valence-corrected chi connectivity index (χ1v) is 7.26. The van der Waals surface area contributed by atoms with Gasteiger partial charge in [-0.2, -0.15) is 0 Å². The molecule has 0 aliphatic carbocycles. The van der Waals surface area contributed by atoms with Crippen LogP contribution in [0.25, 0.3) is 0 Å². The van der Waals surface area contributed by atoms with Gasteiger partial charge in [-0.15, -0.1) is 0 Å². The molecule has 0 amide bonds. The molecule has 0 saturated carbocycles. The van der Waals surface area contributed by atoms with Crippen molar-refractivity contribution in [1.29, 1.82) is 0 Å². The largest absolute Gasteiger partial charge is 0.486 e. The van der Waals surface area contributed by atoms with E-state index < -0.39 is 0 Å². The van der Waals surface area contributed by atoms with Gasteiger partial charge in [0, 0.05) is 0 Å². The van der Waals surface area contributed by atoms with E-state index in [0.717, 1.165) is 17.7 Å². The molecule has 1 unspecified atom stereocenters. The van der Waals surface area contributed by atoms with Gasteiger partial charge in [0.1, 0.15) is 13.2 Å². The van der Waals surface area contributed by atoms with Crippen LogP contribution in [-0.2, 0) is 0 Å². The topological polar surface area (TPSA) is 44.5 Å². The second-order valence-corrected chi connectivity index (χ2v) is 5.73. The van der Waals surface area contributed by atoms with Gasteiger partial charge in [-0.3, -0.25) is 0 Å². The average Bonchev–Trinajstić information content (AvgIpc) is 2.38. The summed E-state index contributed by atoms with van der Waals surface area (Å²) in [6.07, 6.45) is 0.940. The summed E-state index contributed by atoms with van der Waals surface area (Å²) in [5.41, 5.74) is 8.07. The second kappa shape index (κ2) is 6.02. The third-order valence-corrected chi connectivity index (χ3v) is 3.93.